The summed E-state index contributed by atoms with van der Waals surface area (Å²) >= 11 is 15.4. The normalized spacial score (nSPS) is 11.3. The molecule has 0 saturated carbocycles. The molecule has 73 heavy (non-hydrogen) atoms. The molecule has 0 unspecified atom stereocenters. The van der Waals surface area contributed by atoms with Crippen LogP contribution in [0.5, 0.6) is 0 Å². The number of aliphatic hydroxyl groups excluding tert-OH is 1. The molecule has 4 amide bonds. The van der Waals surface area contributed by atoms with Gasteiger partial charge < -0.3 is 35.3 Å². The highest BCUT2D eigenvalue weighted by Crippen LogP contribution is 2.17. The van der Waals surface area contributed by atoms with Gasteiger partial charge in [0.05, 0.1) is 6.61 Å². The first kappa shape index (κ1) is 70.5. The number of thioether (sulfide) groups is 8. The lowest BCUT2D eigenvalue weighted by Gasteiger charge is -2.24. The average Bonchev–Trinajstić information content (AvgIpc) is 3.38. The Labute approximate surface area is 479 Å². The van der Waals surface area contributed by atoms with Gasteiger partial charge in [0.2, 0.25) is 23.6 Å². The molecule has 19 heteroatoms. The highest BCUT2D eigenvalue weighted by molar-refractivity contribution is 8.01. The van der Waals surface area contributed by atoms with Crippen LogP contribution < -0.4 is 5.73 Å². The van der Waals surface area contributed by atoms with E-state index in [0.717, 1.165) is 183 Å². The van der Waals surface area contributed by atoms with Crippen molar-refractivity contribution < 1.29 is 24.3 Å². The number of aliphatic hydroxyl groups is 1. The number of nitrogens with two attached hydrogens (primary N) is 1. The van der Waals surface area contributed by atoms with Crippen LogP contribution in [0.25, 0.3) is 0 Å². The number of amides is 4. The van der Waals surface area contributed by atoms with Crippen LogP contribution >= 0.6 is 94.1 Å². The molecule has 1 aromatic rings. The monoisotopic (exact) mass is 1170 g/mol. The highest BCUT2D eigenvalue weighted by atomic mass is 32.2. The minimum absolute atomic E-state index is 0.0271. The Bertz CT molecular complexity index is 1500. The predicted octanol–water partition coefficient (Wildman–Crippen LogP) is 9.42. The van der Waals surface area contributed by atoms with E-state index in [1.165, 1.54) is 17.7 Å². The minimum Gasteiger partial charge on any atom is -0.395 e. The van der Waals surface area contributed by atoms with Gasteiger partial charge in [0.15, 0.2) is 0 Å². The summed E-state index contributed by atoms with van der Waals surface area (Å²) in [7, 11) is 6.08. The lowest BCUT2D eigenvalue weighted by Crippen LogP contribution is -2.37. The summed E-state index contributed by atoms with van der Waals surface area (Å²) in [5.41, 5.74) is 6.84. The fraction of sp³-hybridized carbons (Fsp3) is 0.778. The maximum Gasteiger partial charge on any atom is 0.223 e. The van der Waals surface area contributed by atoms with Crippen molar-refractivity contribution in [2.75, 3.05) is 179 Å². The maximum atomic E-state index is 13.4. The van der Waals surface area contributed by atoms with Crippen molar-refractivity contribution in [3.63, 3.8) is 0 Å². The first-order valence-corrected chi connectivity index (χ1v) is 36.2. The summed E-state index contributed by atoms with van der Waals surface area (Å²) in [6.07, 6.45) is 13.6. The SMILES string of the molecule is C=CCN(CCO)C(=O)CCSCCCSCCCN(CCc1ccccc1)C(=O)CCSCCCSCCCN(C)C(=O)CCSCCCSCCCN(CCN(C)C)C(=O)CCSCCCSCCCN. The van der Waals surface area contributed by atoms with Crippen molar-refractivity contribution in [2.45, 2.75) is 83.5 Å². The van der Waals surface area contributed by atoms with Crippen molar-refractivity contribution in [3.05, 3.63) is 48.6 Å². The van der Waals surface area contributed by atoms with E-state index in [9.17, 15) is 24.3 Å². The molecular formula is C54H98N6O5S8. The lowest BCUT2D eigenvalue weighted by molar-refractivity contribution is -0.131. The molecule has 0 radical (unpaired) electrons. The first-order valence-electron chi connectivity index (χ1n) is 26.9. The highest BCUT2D eigenvalue weighted by Gasteiger charge is 2.16. The Morgan fingerprint density at radius 2 is 0.849 bits per heavy atom. The molecule has 3 N–H and O–H groups in total. The Morgan fingerprint density at radius 3 is 1.27 bits per heavy atom. The second-order valence-electron chi connectivity index (χ2n) is 18.0. The van der Waals surface area contributed by atoms with Crippen LogP contribution in [0, 0.1) is 0 Å². The Morgan fingerprint density at radius 1 is 0.466 bits per heavy atom. The van der Waals surface area contributed by atoms with Crippen molar-refractivity contribution in [1.29, 1.82) is 0 Å². The van der Waals surface area contributed by atoms with Crippen LogP contribution in [-0.2, 0) is 25.6 Å². The predicted molar refractivity (Wildman–Crippen MR) is 336 cm³/mol. The summed E-state index contributed by atoms with van der Waals surface area (Å²) in [6.45, 7) is 10.2. The van der Waals surface area contributed by atoms with E-state index in [1.54, 1.807) is 11.0 Å². The topological polar surface area (TPSA) is 131 Å². The van der Waals surface area contributed by atoms with Gasteiger partial charge in [-0.15, -0.1) is 6.58 Å². The smallest absolute Gasteiger partial charge is 0.223 e. The van der Waals surface area contributed by atoms with Crippen LogP contribution in [0.2, 0.25) is 0 Å². The Kier molecular flexibility index (Phi) is 50.5. The van der Waals surface area contributed by atoms with E-state index in [2.05, 4.69) is 59.6 Å². The van der Waals surface area contributed by atoms with Gasteiger partial charge in [-0.2, -0.15) is 94.1 Å². The molecule has 0 aliphatic rings. The van der Waals surface area contributed by atoms with Crippen molar-refractivity contribution in [3.8, 4) is 0 Å². The first-order chi connectivity index (χ1) is 35.6. The fourth-order valence-corrected chi connectivity index (χ4v) is 14.9. The summed E-state index contributed by atoms with van der Waals surface area (Å²) in [5.74, 6) is 17.5. The third-order valence-corrected chi connectivity index (χ3v) is 20.3. The van der Waals surface area contributed by atoms with Gasteiger partial charge in [-0.3, -0.25) is 19.2 Å². The zero-order valence-corrected chi connectivity index (χ0v) is 51.9. The molecule has 0 aliphatic carbocycles. The van der Waals surface area contributed by atoms with Gasteiger partial charge in [0, 0.05) is 108 Å². The van der Waals surface area contributed by atoms with Crippen LogP contribution in [0.15, 0.2) is 43.0 Å². The molecule has 0 atom stereocenters. The van der Waals surface area contributed by atoms with E-state index >= 15 is 0 Å². The van der Waals surface area contributed by atoms with Crippen molar-refractivity contribution in [2.24, 2.45) is 5.73 Å². The maximum absolute atomic E-state index is 13.4. The van der Waals surface area contributed by atoms with Gasteiger partial charge in [0.25, 0.3) is 0 Å². The lowest BCUT2D eigenvalue weighted by atomic mass is 10.1. The fourth-order valence-electron chi connectivity index (χ4n) is 7.15. The molecule has 11 nitrogen and oxygen atoms in total. The summed E-state index contributed by atoms with van der Waals surface area (Å²) in [6, 6.07) is 10.4. The van der Waals surface area contributed by atoms with Crippen LogP contribution in [0.4, 0.5) is 0 Å². The summed E-state index contributed by atoms with van der Waals surface area (Å²) in [4.78, 5) is 61.3. The zero-order chi connectivity index (χ0) is 53.3. The Balaban J connectivity index is 2.12. The molecule has 0 bridgehead atoms. The molecule has 1 rings (SSSR count). The quantitative estimate of drug-likeness (QED) is 0.0474. The zero-order valence-electron chi connectivity index (χ0n) is 45.4. The molecular weight excluding hydrogens is 1070 g/mol. The van der Waals surface area contributed by atoms with E-state index in [4.69, 9.17) is 5.73 Å². The van der Waals surface area contributed by atoms with E-state index < -0.39 is 0 Å². The van der Waals surface area contributed by atoms with Crippen LogP contribution in [0.3, 0.4) is 0 Å². The summed E-state index contributed by atoms with van der Waals surface area (Å²) in [5, 5.41) is 9.19. The standard InChI is InChI=1S/C54H98N6O5S8/c1-5-25-58(32-33-61)52(63)21-47-71-45-16-41-68-36-11-27-59(29-19-50-17-7-6-8-18-50)53(64)22-48-72-44-14-39-67-35-10-26-57(4)51(62)20-46-70-42-15-40-69-37-12-28-60(31-30-56(2)3)54(65)23-49-73-43-13-38-66-34-9-24-55/h5-8,17-18,61H,1,9-16,19-49,55H2,2-4H3. The Hall–Kier alpha value is -0.480. The molecule has 0 aliphatic heterocycles. The number of rotatable bonds is 53. The van der Waals surface area contributed by atoms with Crippen molar-refractivity contribution >= 4 is 118 Å². The average molecular weight is 1170 g/mol. The van der Waals surface area contributed by atoms with Gasteiger partial charge in [-0.25, -0.2) is 0 Å². The second-order valence-corrected chi connectivity index (χ2v) is 27.8. The number of carbonyl (C=O) groups excluding carboxylic acids is 4. The third kappa shape index (κ3) is 43.1. The molecule has 0 fully saturated rings. The third-order valence-electron chi connectivity index (χ3n) is 11.4. The largest absolute Gasteiger partial charge is 0.395 e. The van der Waals surface area contributed by atoms with Gasteiger partial charge >= 0.3 is 0 Å². The molecule has 0 spiro atoms. The number of carbonyl (C=O) groups is 4. The number of likely N-dealkylation sites (N-methyl/N-ethyl adjacent to an activating group) is 1. The minimum atomic E-state index is -0.0271. The molecule has 0 saturated heterocycles. The molecule has 0 heterocycles. The molecule has 0 aromatic heterocycles. The number of hydrogen-bond donors (Lipinski definition) is 2. The van der Waals surface area contributed by atoms with Crippen LogP contribution in [0.1, 0.15) is 82.6 Å². The van der Waals surface area contributed by atoms with Crippen molar-refractivity contribution in [1.82, 2.24) is 24.5 Å². The van der Waals surface area contributed by atoms with E-state index in [-0.39, 0.29) is 24.3 Å². The number of benzene rings is 1. The molecule has 1 aromatic carbocycles. The number of nitrogens with zero attached hydrogens (tertiary/aromatic N) is 5. The van der Waals surface area contributed by atoms with Gasteiger partial charge in [-0.1, -0.05) is 36.4 Å². The molecule has 422 valence electrons. The van der Waals surface area contributed by atoms with E-state index in [0.29, 0.717) is 44.7 Å². The van der Waals surface area contributed by atoms with Gasteiger partial charge in [0.1, 0.15) is 0 Å². The van der Waals surface area contributed by atoms with Crippen LogP contribution in [-0.4, -0.2) is 232 Å². The second kappa shape index (κ2) is 52.2. The van der Waals surface area contributed by atoms with Gasteiger partial charge in [-0.05, 0) is 153 Å². The number of hydrogen-bond acceptors (Lipinski definition) is 15. The van der Waals surface area contributed by atoms with E-state index in [1.807, 2.05) is 112 Å². The summed E-state index contributed by atoms with van der Waals surface area (Å²) < 4.78 is 0.